The summed E-state index contributed by atoms with van der Waals surface area (Å²) in [5, 5.41) is 33.4. The van der Waals surface area contributed by atoms with Crippen LogP contribution >= 0.6 is 0 Å². The lowest BCUT2D eigenvalue weighted by molar-refractivity contribution is -0.117. The first-order valence-corrected chi connectivity index (χ1v) is 7.88. The summed E-state index contributed by atoms with van der Waals surface area (Å²) >= 11 is 0. The molecule has 1 amide bonds. The predicted octanol–water partition coefficient (Wildman–Crippen LogP) is 3.15. The molecule has 0 aliphatic heterocycles. The van der Waals surface area contributed by atoms with Crippen molar-refractivity contribution in [3.63, 3.8) is 0 Å². The molecule has 7 nitrogen and oxygen atoms in total. The van der Waals surface area contributed by atoms with E-state index in [1.807, 2.05) is 30.3 Å². The molecule has 132 valence electrons. The maximum Gasteiger partial charge on any atom is 0.261 e. The highest BCUT2D eigenvalue weighted by molar-refractivity contribution is 6.01. The first-order valence-electron chi connectivity index (χ1n) is 7.88. The highest BCUT2D eigenvalue weighted by Crippen LogP contribution is 2.37. The maximum absolute atomic E-state index is 12.1. The molecule has 3 N–H and O–H groups in total. The van der Waals surface area contributed by atoms with Crippen molar-refractivity contribution < 1.29 is 15.0 Å². The molecule has 0 atom stereocenters. The predicted molar refractivity (Wildman–Crippen MR) is 96.6 cm³/mol. The fraction of sp³-hybridized carbons (Fsp3) is 0.158. The molecule has 0 aromatic heterocycles. The van der Waals surface area contributed by atoms with Crippen molar-refractivity contribution in [2.75, 3.05) is 6.54 Å². The second-order valence-electron chi connectivity index (χ2n) is 5.51. The van der Waals surface area contributed by atoms with Gasteiger partial charge >= 0.3 is 0 Å². The van der Waals surface area contributed by atoms with Crippen LogP contribution in [0.25, 0.3) is 6.08 Å². The Kier molecular flexibility index (Phi) is 6.46. The average molecular weight is 351 g/mol. The minimum absolute atomic E-state index is 0.188. The third-order valence-electron chi connectivity index (χ3n) is 3.64. The van der Waals surface area contributed by atoms with Gasteiger partial charge < -0.3 is 15.5 Å². The molecule has 0 aliphatic rings. The number of benzene rings is 2. The van der Waals surface area contributed by atoms with Gasteiger partial charge in [-0.3, -0.25) is 4.79 Å². The SMILES string of the molecule is N#C/C(=C\c1cc(O)c(O)c(N=O)c1)C(=O)NCCCc1ccccc1. The van der Waals surface area contributed by atoms with Gasteiger partial charge in [-0.15, -0.1) is 4.91 Å². The first-order chi connectivity index (χ1) is 12.5. The molecule has 26 heavy (non-hydrogen) atoms. The Morgan fingerprint density at radius 1 is 1.23 bits per heavy atom. The largest absolute Gasteiger partial charge is 0.504 e. The molecule has 2 aromatic carbocycles. The number of aryl methyl sites for hydroxylation is 1. The van der Waals surface area contributed by atoms with Crippen LogP contribution in [0, 0.1) is 16.2 Å². The van der Waals surface area contributed by atoms with Crippen molar-refractivity contribution in [1.29, 1.82) is 5.26 Å². The van der Waals surface area contributed by atoms with Gasteiger partial charge in [-0.05, 0) is 47.4 Å². The van der Waals surface area contributed by atoms with Crippen LogP contribution in [0.2, 0.25) is 0 Å². The van der Waals surface area contributed by atoms with Crippen LogP contribution in [0.15, 0.2) is 53.2 Å². The maximum atomic E-state index is 12.1. The van der Waals surface area contributed by atoms with Crippen molar-refractivity contribution in [1.82, 2.24) is 5.32 Å². The van der Waals surface area contributed by atoms with Gasteiger partial charge in [0.25, 0.3) is 5.91 Å². The second-order valence-corrected chi connectivity index (χ2v) is 5.51. The van der Waals surface area contributed by atoms with Crippen LogP contribution in [0.1, 0.15) is 17.5 Å². The number of rotatable bonds is 7. The smallest absolute Gasteiger partial charge is 0.261 e. The van der Waals surface area contributed by atoms with Crippen LogP contribution in [0.4, 0.5) is 5.69 Å². The third-order valence-corrected chi connectivity index (χ3v) is 3.64. The van der Waals surface area contributed by atoms with E-state index < -0.39 is 17.4 Å². The number of carbonyl (C=O) groups is 1. The fourth-order valence-corrected chi connectivity index (χ4v) is 2.33. The molecule has 0 radical (unpaired) electrons. The molecule has 0 bridgehead atoms. The summed E-state index contributed by atoms with van der Waals surface area (Å²) in [6.45, 7) is 0.398. The van der Waals surface area contributed by atoms with Crippen molar-refractivity contribution in [2.24, 2.45) is 5.18 Å². The normalized spacial score (nSPS) is 10.8. The van der Waals surface area contributed by atoms with E-state index in [1.54, 1.807) is 6.07 Å². The lowest BCUT2D eigenvalue weighted by Crippen LogP contribution is -2.25. The van der Waals surface area contributed by atoms with Crippen LogP contribution in [-0.4, -0.2) is 22.7 Å². The van der Waals surface area contributed by atoms with E-state index >= 15 is 0 Å². The molecule has 0 saturated carbocycles. The zero-order chi connectivity index (χ0) is 18.9. The first kappa shape index (κ1) is 18.7. The highest BCUT2D eigenvalue weighted by atomic mass is 16.3. The zero-order valence-electron chi connectivity index (χ0n) is 13.8. The molecule has 0 saturated heterocycles. The number of hydrogen-bond acceptors (Lipinski definition) is 6. The van der Waals surface area contributed by atoms with Gasteiger partial charge in [0.05, 0.1) is 0 Å². The summed E-state index contributed by atoms with van der Waals surface area (Å²) in [5.74, 6) is -1.77. The number of phenolic OH excluding ortho intramolecular Hbond substituents is 2. The summed E-state index contributed by atoms with van der Waals surface area (Å²) in [7, 11) is 0. The Morgan fingerprint density at radius 2 is 1.96 bits per heavy atom. The van der Waals surface area contributed by atoms with Crippen LogP contribution in [0.5, 0.6) is 11.5 Å². The van der Waals surface area contributed by atoms with Crippen LogP contribution in [0.3, 0.4) is 0 Å². The molecule has 0 unspecified atom stereocenters. The monoisotopic (exact) mass is 351 g/mol. The minimum atomic E-state index is -0.652. The van der Waals surface area contributed by atoms with Crippen molar-refractivity contribution in [2.45, 2.75) is 12.8 Å². The van der Waals surface area contributed by atoms with E-state index in [0.29, 0.717) is 13.0 Å². The number of hydrogen-bond donors (Lipinski definition) is 3. The molecule has 2 rings (SSSR count). The Labute approximate surface area is 150 Å². The molecule has 2 aromatic rings. The van der Waals surface area contributed by atoms with Crippen molar-refractivity contribution in [3.05, 3.63) is 64.1 Å². The second kappa shape index (κ2) is 8.99. The number of nitrogens with zero attached hydrogens (tertiary/aromatic N) is 2. The molecular weight excluding hydrogens is 334 g/mol. The average Bonchev–Trinajstić information content (AvgIpc) is 2.66. The molecule has 0 aliphatic carbocycles. The number of amides is 1. The zero-order valence-corrected chi connectivity index (χ0v) is 13.8. The number of aromatic hydroxyl groups is 2. The van der Waals surface area contributed by atoms with Gasteiger partial charge in [0.1, 0.15) is 11.6 Å². The van der Waals surface area contributed by atoms with E-state index in [1.165, 1.54) is 12.1 Å². The van der Waals surface area contributed by atoms with Gasteiger partial charge in [-0.2, -0.15) is 5.26 Å². The van der Waals surface area contributed by atoms with E-state index in [9.17, 15) is 19.9 Å². The van der Waals surface area contributed by atoms with E-state index in [0.717, 1.165) is 18.1 Å². The van der Waals surface area contributed by atoms with E-state index in [4.69, 9.17) is 5.26 Å². The number of nitroso groups, excluding NO2 is 1. The molecule has 0 fully saturated rings. The number of nitriles is 1. The molecule has 0 heterocycles. The topological polar surface area (TPSA) is 123 Å². The van der Waals surface area contributed by atoms with Gasteiger partial charge in [-0.1, -0.05) is 30.3 Å². The van der Waals surface area contributed by atoms with E-state index in [2.05, 4.69) is 10.5 Å². The van der Waals surface area contributed by atoms with Gasteiger partial charge in [-0.25, -0.2) is 0 Å². The highest BCUT2D eigenvalue weighted by Gasteiger charge is 2.12. The fourth-order valence-electron chi connectivity index (χ4n) is 2.33. The molecule has 0 spiro atoms. The summed E-state index contributed by atoms with van der Waals surface area (Å²) in [6, 6.07) is 13.9. The molecular formula is C19H17N3O4. The Morgan fingerprint density at radius 3 is 2.62 bits per heavy atom. The van der Waals surface area contributed by atoms with E-state index in [-0.39, 0.29) is 16.8 Å². The molecule has 7 heteroatoms. The Hall–Kier alpha value is -3.66. The summed E-state index contributed by atoms with van der Waals surface area (Å²) in [5.41, 5.74) is 0.792. The number of phenols is 2. The summed E-state index contributed by atoms with van der Waals surface area (Å²) in [6.07, 6.45) is 2.72. The standard InChI is InChI=1S/C19H17N3O4/c20-12-15(9-14-10-16(22-26)18(24)17(23)11-14)19(25)21-8-4-7-13-5-2-1-3-6-13/h1-3,5-6,9-11,23-24H,4,7-8H2,(H,21,25)/b15-9+. The quantitative estimate of drug-likeness (QED) is 0.232. The van der Waals surface area contributed by atoms with Gasteiger partial charge in [0.2, 0.25) is 0 Å². The third kappa shape index (κ3) is 4.92. The number of nitrogens with one attached hydrogen (secondary N) is 1. The Balaban J connectivity index is 2.00. The van der Waals surface area contributed by atoms with Crippen molar-refractivity contribution in [3.8, 4) is 17.6 Å². The van der Waals surface area contributed by atoms with Gasteiger partial charge in [0, 0.05) is 6.54 Å². The summed E-state index contributed by atoms with van der Waals surface area (Å²) in [4.78, 5) is 22.7. The minimum Gasteiger partial charge on any atom is -0.504 e. The lowest BCUT2D eigenvalue weighted by atomic mass is 10.1. The summed E-state index contributed by atoms with van der Waals surface area (Å²) < 4.78 is 0. The van der Waals surface area contributed by atoms with Gasteiger partial charge in [0.15, 0.2) is 17.2 Å². The van der Waals surface area contributed by atoms with Crippen LogP contribution in [-0.2, 0) is 11.2 Å². The van der Waals surface area contributed by atoms with Crippen molar-refractivity contribution >= 4 is 17.7 Å². The Bertz CT molecular complexity index is 870. The lowest BCUT2D eigenvalue weighted by Gasteiger charge is -2.05. The van der Waals surface area contributed by atoms with Crippen LogP contribution < -0.4 is 5.32 Å². The number of carbonyl (C=O) groups excluding carboxylic acids is 1.